The summed E-state index contributed by atoms with van der Waals surface area (Å²) in [5, 5.41) is 17.0. The Morgan fingerprint density at radius 2 is 1.09 bits per heavy atom. The van der Waals surface area contributed by atoms with Crippen LogP contribution in [0.1, 0.15) is 116 Å². The normalized spacial score (nSPS) is 15.2. The van der Waals surface area contributed by atoms with Crippen LogP contribution in [0.3, 0.4) is 0 Å². The van der Waals surface area contributed by atoms with Crippen molar-refractivity contribution in [3.63, 3.8) is 0 Å². The van der Waals surface area contributed by atoms with Crippen LogP contribution in [-0.4, -0.2) is 40.1 Å². The molecule has 2 aliphatic rings. The molecule has 0 aromatic rings. The molecular formula is C27H42O6. The Hall–Kier alpha value is -2.08. The minimum Gasteiger partial charge on any atom is -0.481 e. The predicted molar refractivity (Wildman–Crippen MR) is 129 cm³/mol. The van der Waals surface area contributed by atoms with E-state index in [0.29, 0.717) is 30.8 Å². The van der Waals surface area contributed by atoms with Crippen LogP contribution in [0.2, 0.25) is 0 Å². The molecule has 6 nitrogen and oxygen atoms in total. The first-order valence-electron chi connectivity index (χ1n) is 12.7. The second-order valence-corrected chi connectivity index (χ2v) is 9.01. The van der Waals surface area contributed by atoms with Crippen LogP contribution >= 0.6 is 0 Å². The standard InChI is InChI=1S/C14H22O3.C13H20O3/c15-11-13(16)9-5-3-1-2-4-7-12-8-6-10-14(12)17;14-12-9-6-8-11(12)7-4-2-1-3-5-10-13(15)16/h8,15H,1-7,9-11H2;8H,1-7,9-10H2,(H,15,16). The zero-order chi connectivity index (χ0) is 24.3. The number of carbonyl (C=O) groups is 4. The van der Waals surface area contributed by atoms with Gasteiger partial charge in [0, 0.05) is 25.7 Å². The van der Waals surface area contributed by atoms with Crippen LogP contribution in [0.15, 0.2) is 23.3 Å². The molecule has 0 radical (unpaired) electrons. The SMILES string of the molecule is O=C(CO)CCCCCCCC1=CCCC1=O.O=C(O)CCCCCCCC1=CCCC1=O. The number of ketones is 3. The first kappa shape index (κ1) is 29.0. The van der Waals surface area contributed by atoms with Crippen LogP contribution in [0, 0.1) is 0 Å². The number of carboxylic acids is 1. The van der Waals surface area contributed by atoms with Gasteiger partial charge in [0.15, 0.2) is 17.3 Å². The number of Topliss-reactive ketones (excluding diaryl/α,β-unsaturated/α-hetero) is 3. The van der Waals surface area contributed by atoms with Crippen molar-refractivity contribution < 1.29 is 29.4 Å². The van der Waals surface area contributed by atoms with Gasteiger partial charge < -0.3 is 10.2 Å². The molecule has 2 N–H and O–H groups in total. The second-order valence-electron chi connectivity index (χ2n) is 9.01. The molecule has 0 spiro atoms. The van der Waals surface area contributed by atoms with E-state index in [1.54, 1.807) is 0 Å². The highest BCUT2D eigenvalue weighted by Gasteiger charge is 2.14. The first-order valence-corrected chi connectivity index (χ1v) is 12.7. The van der Waals surface area contributed by atoms with E-state index in [1.807, 2.05) is 0 Å². The first-order chi connectivity index (χ1) is 15.9. The van der Waals surface area contributed by atoms with Crippen molar-refractivity contribution in [3.8, 4) is 0 Å². The summed E-state index contributed by atoms with van der Waals surface area (Å²) in [6.45, 7) is -0.323. The van der Waals surface area contributed by atoms with Crippen LogP contribution in [0.5, 0.6) is 0 Å². The molecule has 0 saturated heterocycles. The summed E-state index contributed by atoms with van der Waals surface area (Å²) in [7, 11) is 0. The third-order valence-electron chi connectivity index (χ3n) is 6.16. The van der Waals surface area contributed by atoms with Gasteiger partial charge in [-0.3, -0.25) is 19.2 Å². The van der Waals surface area contributed by atoms with Gasteiger partial charge in [0.25, 0.3) is 0 Å². The number of hydrogen-bond donors (Lipinski definition) is 2. The highest BCUT2D eigenvalue weighted by atomic mass is 16.4. The van der Waals surface area contributed by atoms with Gasteiger partial charge in [0.2, 0.25) is 0 Å². The average molecular weight is 463 g/mol. The molecule has 0 aromatic carbocycles. The molecule has 0 amide bonds. The topological polar surface area (TPSA) is 109 Å². The number of rotatable bonds is 17. The van der Waals surface area contributed by atoms with Crippen molar-refractivity contribution in [2.45, 2.75) is 116 Å². The molecular weight excluding hydrogens is 420 g/mol. The number of allylic oxidation sites excluding steroid dienone is 4. The summed E-state index contributed by atoms with van der Waals surface area (Å²) in [4.78, 5) is 43.7. The fraction of sp³-hybridized carbons (Fsp3) is 0.704. The van der Waals surface area contributed by atoms with Crippen molar-refractivity contribution in [2.75, 3.05) is 6.61 Å². The summed E-state index contributed by atoms with van der Waals surface area (Å²) in [5.74, 6) is -0.113. The molecule has 0 saturated carbocycles. The van der Waals surface area contributed by atoms with Crippen molar-refractivity contribution in [3.05, 3.63) is 23.3 Å². The van der Waals surface area contributed by atoms with Gasteiger partial charge >= 0.3 is 5.97 Å². The van der Waals surface area contributed by atoms with E-state index in [2.05, 4.69) is 12.2 Å². The largest absolute Gasteiger partial charge is 0.481 e. The minimum absolute atomic E-state index is 0.0632. The zero-order valence-electron chi connectivity index (χ0n) is 20.1. The fourth-order valence-corrected chi connectivity index (χ4v) is 4.16. The number of aliphatic hydroxyl groups excluding tert-OH is 1. The summed E-state index contributed by atoms with van der Waals surface area (Å²) >= 11 is 0. The van der Waals surface area contributed by atoms with Gasteiger partial charge in [0.1, 0.15) is 6.61 Å². The van der Waals surface area contributed by atoms with Crippen molar-refractivity contribution in [1.82, 2.24) is 0 Å². The van der Waals surface area contributed by atoms with E-state index >= 15 is 0 Å². The molecule has 0 bridgehead atoms. The van der Waals surface area contributed by atoms with Gasteiger partial charge in [-0.05, 0) is 62.5 Å². The molecule has 0 unspecified atom stereocenters. The predicted octanol–water partition coefficient (Wildman–Crippen LogP) is 5.66. The lowest BCUT2D eigenvalue weighted by atomic mass is 10.0. The van der Waals surface area contributed by atoms with E-state index < -0.39 is 5.97 Å². The molecule has 186 valence electrons. The summed E-state index contributed by atoms with van der Waals surface area (Å²) in [6, 6.07) is 0. The number of aliphatic hydroxyl groups is 1. The van der Waals surface area contributed by atoms with Gasteiger partial charge in [0.05, 0.1) is 0 Å². The molecule has 2 rings (SSSR count). The average Bonchev–Trinajstić information content (AvgIpc) is 3.40. The lowest BCUT2D eigenvalue weighted by molar-refractivity contribution is -0.137. The Morgan fingerprint density at radius 3 is 1.48 bits per heavy atom. The highest BCUT2D eigenvalue weighted by Crippen LogP contribution is 2.21. The van der Waals surface area contributed by atoms with Crippen LogP contribution < -0.4 is 0 Å². The van der Waals surface area contributed by atoms with Crippen molar-refractivity contribution in [1.29, 1.82) is 0 Å². The molecule has 6 heteroatoms. The molecule has 2 aliphatic carbocycles. The summed E-state index contributed by atoms with van der Waals surface area (Å²) in [6.07, 6.45) is 20.2. The van der Waals surface area contributed by atoms with E-state index in [9.17, 15) is 19.2 Å². The van der Waals surface area contributed by atoms with E-state index in [1.165, 1.54) is 0 Å². The van der Waals surface area contributed by atoms with Gasteiger partial charge in [-0.15, -0.1) is 0 Å². The number of hydrogen-bond acceptors (Lipinski definition) is 5. The maximum Gasteiger partial charge on any atom is 0.303 e. The summed E-state index contributed by atoms with van der Waals surface area (Å²) < 4.78 is 0. The van der Waals surface area contributed by atoms with Crippen molar-refractivity contribution >= 4 is 23.3 Å². The van der Waals surface area contributed by atoms with Gasteiger partial charge in [-0.1, -0.05) is 50.7 Å². The zero-order valence-corrected chi connectivity index (χ0v) is 20.1. The van der Waals surface area contributed by atoms with Gasteiger partial charge in [-0.25, -0.2) is 0 Å². The number of unbranched alkanes of at least 4 members (excludes halogenated alkanes) is 8. The quantitative estimate of drug-likeness (QED) is 0.270. The van der Waals surface area contributed by atoms with Crippen LogP contribution in [0.25, 0.3) is 0 Å². The molecule has 0 fully saturated rings. The maximum absolute atomic E-state index is 11.3. The fourth-order valence-electron chi connectivity index (χ4n) is 4.16. The molecule has 0 heterocycles. The van der Waals surface area contributed by atoms with Crippen LogP contribution in [-0.2, 0) is 19.2 Å². The van der Waals surface area contributed by atoms with Gasteiger partial charge in [-0.2, -0.15) is 0 Å². The molecule has 0 atom stereocenters. The van der Waals surface area contributed by atoms with E-state index in [0.717, 1.165) is 101 Å². The Balaban J connectivity index is 0.000000331. The third kappa shape index (κ3) is 14.6. The third-order valence-corrected chi connectivity index (χ3v) is 6.16. The number of carboxylic acid groups (broad SMARTS) is 1. The Morgan fingerprint density at radius 1 is 0.667 bits per heavy atom. The molecule has 0 aromatic heterocycles. The lowest BCUT2D eigenvalue weighted by Crippen LogP contribution is -2.02. The molecule has 33 heavy (non-hydrogen) atoms. The Kier molecular flexibility index (Phi) is 16.1. The molecule has 0 aliphatic heterocycles. The highest BCUT2D eigenvalue weighted by molar-refractivity contribution is 5.97. The maximum atomic E-state index is 11.3. The smallest absolute Gasteiger partial charge is 0.303 e. The summed E-state index contributed by atoms with van der Waals surface area (Å²) in [5.41, 5.74) is 2.05. The Labute approximate surface area is 198 Å². The van der Waals surface area contributed by atoms with Crippen molar-refractivity contribution in [2.24, 2.45) is 0 Å². The van der Waals surface area contributed by atoms with E-state index in [4.69, 9.17) is 10.2 Å². The lowest BCUT2D eigenvalue weighted by Gasteiger charge is -2.02. The number of aliphatic carboxylic acids is 1. The number of carbonyl (C=O) groups excluding carboxylic acids is 3. The second kappa shape index (κ2) is 18.4. The van der Waals surface area contributed by atoms with Crippen LogP contribution in [0.4, 0.5) is 0 Å². The minimum atomic E-state index is -0.707. The monoisotopic (exact) mass is 462 g/mol. The van der Waals surface area contributed by atoms with E-state index in [-0.39, 0.29) is 18.8 Å². The Bertz CT molecular complexity index is 689.